The highest BCUT2D eigenvalue weighted by Crippen LogP contribution is 2.49. The van der Waals surface area contributed by atoms with Gasteiger partial charge in [0.15, 0.2) is 0 Å². The fourth-order valence-corrected chi connectivity index (χ4v) is 5.33. The molecule has 4 heterocycles. The van der Waals surface area contributed by atoms with E-state index < -0.39 is 18.2 Å². The minimum Gasteiger partial charge on any atom is -0.372 e. The summed E-state index contributed by atoms with van der Waals surface area (Å²) in [6, 6.07) is 7.62. The molecule has 7 nitrogen and oxygen atoms in total. The highest BCUT2D eigenvalue weighted by Gasteiger charge is 2.63. The maximum absolute atomic E-state index is 14.3. The second kappa shape index (κ2) is 9.12. The number of rotatable bonds is 2. The molecule has 5 rings (SSSR count). The minimum atomic E-state index is -4.78. The molecule has 0 spiro atoms. The zero-order valence-electron chi connectivity index (χ0n) is 18.9. The van der Waals surface area contributed by atoms with Crippen molar-refractivity contribution >= 4 is 34.9 Å². The Bertz CT molecular complexity index is 1270. The van der Waals surface area contributed by atoms with Crippen LogP contribution in [0.2, 0.25) is 10.0 Å². The van der Waals surface area contributed by atoms with Crippen LogP contribution in [0.4, 0.5) is 13.2 Å². The van der Waals surface area contributed by atoms with Gasteiger partial charge in [-0.2, -0.15) is 18.4 Å². The standard InChI is InChI=1S/C24H20Cl2F3N5O2/c25-18-6-17(7-19(26)8-18)23(24(27,28)29)9-21(32-36-23)34-12-15-5-20(31-11-16(15)13-34)22(35)33-3-1-14(10-30)2-4-33/h5-8,11,14H,1-4,9,12-13H2. The Morgan fingerprint density at radius 2 is 1.78 bits per heavy atom. The first-order valence-electron chi connectivity index (χ1n) is 11.3. The number of piperidine rings is 1. The normalized spacial score (nSPS) is 22.2. The molecular formula is C24H20Cl2F3N5O2. The number of benzene rings is 1. The Morgan fingerprint density at radius 3 is 2.42 bits per heavy atom. The SMILES string of the molecule is N#CC1CCN(C(=O)c2cc3c(cn2)CN(C2=NOC(c4cc(Cl)cc(Cl)c4)(C(F)(F)F)C2)C3)CC1. The summed E-state index contributed by atoms with van der Waals surface area (Å²) < 4.78 is 42.8. The molecule has 0 aliphatic carbocycles. The third-order valence-electron chi connectivity index (χ3n) is 6.85. The Kier molecular flexibility index (Phi) is 6.25. The fourth-order valence-electron chi connectivity index (χ4n) is 4.80. The summed E-state index contributed by atoms with van der Waals surface area (Å²) in [7, 11) is 0. The first kappa shape index (κ1) is 24.7. The maximum Gasteiger partial charge on any atom is 0.435 e. The van der Waals surface area contributed by atoms with Crippen LogP contribution in [0.15, 0.2) is 35.6 Å². The Labute approximate surface area is 215 Å². The van der Waals surface area contributed by atoms with Crippen LogP contribution in [0.3, 0.4) is 0 Å². The number of oxime groups is 1. The van der Waals surface area contributed by atoms with Crippen molar-refractivity contribution in [1.82, 2.24) is 14.8 Å². The van der Waals surface area contributed by atoms with Crippen LogP contribution in [0, 0.1) is 17.2 Å². The third-order valence-corrected chi connectivity index (χ3v) is 7.29. The fraction of sp³-hybridized carbons (Fsp3) is 0.417. The number of nitriles is 1. The van der Waals surface area contributed by atoms with Gasteiger partial charge in [0, 0.05) is 53.9 Å². The van der Waals surface area contributed by atoms with Crippen LogP contribution >= 0.6 is 23.2 Å². The van der Waals surface area contributed by atoms with Gasteiger partial charge in [0.05, 0.1) is 12.5 Å². The van der Waals surface area contributed by atoms with Gasteiger partial charge in [0.25, 0.3) is 11.5 Å². The first-order valence-corrected chi connectivity index (χ1v) is 12.1. The van der Waals surface area contributed by atoms with Gasteiger partial charge in [0.2, 0.25) is 0 Å². The number of carbonyl (C=O) groups is 1. The van der Waals surface area contributed by atoms with Crippen molar-refractivity contribution < 1.29 is 22.8 Å². The van der Waals surface area contributed by atoms with E-state index in [0.29, 0.717) is 25.9 Å². The minimum absolute atomic E-state index is 0.0447. The molecule has 2 aromatic rings. The third kappa shape index (κ3) is 4.35. The number of aromatic nitrogens is 1. The number of nitrogens with zero attached hydrogens (tertiary/aromatic N) is 5. The number of amides is 1. The van der Waals surface area contributed by atoms with Crippen molar-refractivity contribution in [3.05, 3.63) is 62.9 Å². The van der Waals surface area contributed by atoms with Crippen LogP contribution in [0.1, 0.15) is 46.4 Å². The monoisotopic (exact) mass is 537 g/mol. The molecule has 0 bridgehead atoms. The molecule has 1 aromatic heterocycles. The van der Waals surface area contributed by atoms with Crippen LogP contribution < -0.4 is 0 Å². The molecule has 3 aliphatic heterocycles. The van der Waals surface area contributed by atoms with Crippen molar-refractivity contribution in [2.24, 2.45) is 11.1 Å². The van der Waals surface area contributed by atoms with Crippen LogP contribution in [-0.2, 0) is 23.5 Å². The molecule has 36 heavy (non-hydrogen) atoms. The lowest BCUT2D eigenvalue weighted by atomic mass is 9.89. The Hall–Kier alpha value is -3.03. The van der Waals surface area contributed by atoms with Crippen LogP contribution in [-0.4, -0.2) is 45.8 Å². The average molecular weight is 538 g/mol. The maximum atomic E-state index is 14.3. The quantitative estimate of drug-likeness (QED) is 0.521. The highest BCUT2D eigenvalue weighted by molar-refractivity contribution is 6.34. The van der Waals surface area contributed by atoms with Crippen molar-refractivity contribution in [2.45, 2.75) is 44.1 Å². The molecule has 0 radical (unpaired) electrons. The number of carbonyl (C=O) groups excluding carboxylic acids is 1. The summed E-state index contributed by atoms with van der Waals surface area (Å²) in [5.41, 5.74) is -1.07. The lowest BCUT2D eigenvalue weighted by Gasteiger charge is -2.30. The van der Waals surface area contributed by atoms with Crippen LogP contribution in [0.25, 0.3) is 0 Å². The van der Waals surface area contributed by atoms with Gasteiger partial charge in [0.1, 0.15) is 11.5 Å². The number of likely N-dealkylation sites (tertiary alicyclic amines) is 1. The molecule has 1 unspecified atom stereocenters. The van der Waals surface area contributed by atoms with E-state index in [0.717, 1.165) is 11.1 Å². The first-order chi connectivity index (χ1) is 17.1. The molecule has 1 fully saturated rings. The van der Waals surface area contributed by atoms with E-state index in [1.165, 1.54) is 18.2 Å². The summed E-state index contributed by atoms with van der Waals surface area (Å²) in [6.07, 6.45) is -2.50. The number of hydrogen-bond acceptors (Lipinski definition) is 6. The van der Waals surface area contributed by atoms with E-state index in [-0.39, 0.29) is 52.1 Å². The molecule has 1 atom stereocenters. The predicted molar refractivity (Wildman–Crippen MR) is 125 cm³/mol. The van der Waals surface area contributed by atoms with Gasteiger partial charge in [-0.15, -0.1) is 0 Å². The number of amidine groups is 1. The number of pyridine rings is 1. The largest absolute Gasteiger partial charge is 0.435 e. The van der Waals surface area contributed by atoms with E-state index in [2.05, 4.69) is 16.2 Å². The number of hydrogen-bond donors (Lipinski definition) is 0. The topological polar surface area (TPSA) is 81.8 Å². The smallest absolute Gasteiger partial charge is 0.372 e. The zero-order valence-corrected chi connectivity index (χ0v) is 20.4. The molecule has 12 heteroatoms. The second-order valence-corrected chi connectivity index (χ2v) is 10.0. The summed E-state index contributed by atoms with van der Waals surface area (Å²) in [5, 5.41) is 13.0. The predicted octanol–water partition coefficient (Wildman–Crippen LogP) is 5.27. The molecule has 0 saturated carbocycles. The Balaban J connectivity index is 1.32. The van der Waals surface area contributed by atoms with E-state index in [1.807, 2.05) is 0 Å². The molecular weight excluding hydrogens is 518 g/mol. The molecule has 188 valence electrons. The van der Waals surface area contributed by atoms with Gasteiger partial charge in [-0.3, -0.25) is 9.78 Å². The van der Waals surface area contributed by atoms with E-state index in [1.54, 1.807) is 22.1 Å². The van der Waals surface area contributed by atoms with E-state index in [4.69, 9.17) is 33.3 Å². The lowest BCUT2D eigenvalue weighted by molar-refractivity contribution is -0.275. The van der Waals surface area contributed by atoms with Crippen LogP contribution in [0.5, 0.6) is 0 Å². The molecule has 1 saturated heterocycles. The van der Waals surface area contributed by atoms with Crippen molar-refractivity contribution in [3.63, 3.8) is 0 Å². The summed E-state index contributed by atoms with van der Waals surface area (Å²) in [5.74, 6) is -0.133. The lowest BCUT2D eigenvalue weighted by Crippen LogP contribution is -2.43. The number of alkyl halides is 3. The number of halogens is 5. The zero-order chi connectivity index (χ0) is 25.7. The molecule has 1 aromatic carbocycles. The number of fused-ring (bicyclic) bond motifs is 1. The summed E-state index contributed by atoms with van der Waals surface area (Å²) >= 11 is 11.9. The Morgan fingerprint density at radius 1 is 1.11 bits per heavy atom. The van der Waals surface area contributed by atoms with E-state index in [9.17, 15) is 18.0 Å². The van der Waals surface area contributed by atoms with Gasteiger partial charge in [-0.1, -0.05) is 28.4 Å². The van der Waals surface area contributed by atoms with Gasteiger partial charge in [-0.05, 0) is 48.2 Å². The van der Waals surface area contributed by atoms with Gasteiger partial charge in [-0.25, -0.2) is 0 Å². The van der Waals surface area contributed by atoms with Crippen molar-refractivity contribution in [1.29, 1.82) is 5.26 Å². The molecule has 1 amide bonds. The van der Waals surface area contributed by atoms with Gasteiger partial charge < -0.3 is 14.6 Å². The van der Waals surface area contributed by atoms with Crippen molar-refractivity contribution in [2.75, 3.05) is 13.1 Å². The van der Waals surface area contributed by atoms with E-state index >= 15 is 0 Å². The summed E-state index contributed by atoms with van der Waals surface area (Å²) in [6.45, 7) is 1.53. The summed E-state index contributed by atoms with van der Waals surface area (Å²) in [4.78, 5) is 25.7. The van der Waals surface area contributed by atoms with Crippen molar-refractivity contribution in [3.8, 4) is 6.07 Å². The van der Waals surface area contributed by atoms with Gasteiger partial charge >= 0.3 is 6.18 Å². The molecule has 3 aliphatic rings. The molecule has 0 N–H and O–H groups in total. The second-order valence-electron chi connectivity index (χ2n) is 9.15. The average Bonchev–Trinajstić information content (AvgIpc) is 3.48. The highest BCUT2D eigenvalue weighted by atomic mass is 35.5.